The lowest BCUT2D eigenvalue weighted by Crippen LogP contribution is -2.48. The molecule has 1 aromatic carbocycles. The van der Waals surface area contributed by atoms with Gasteiger partial charge in [0.05, 0.1) is 13.2 Å². The van der Waals surface area contributed by atoms with Crippen LogP contribution in [0.2, 0.25) is 0 Å². The number of hydrogen-bond acceptors (Lipinski definition) is 3. The molecule has 1 heterocycles. The molecule has 1 aliphatic carbocycles. The van der Waals surface area contributed by atoms with Crippen molar-refractivity contribution in [1.82, 2.24) is 15.5 Å². The van der Waals surface area contributed by atoms with Crippen LogP contribution in [0.25, 0.3) is 0 Å². The maximum absolute atomic E-state index is 12.9. The number of amides is 3. The van der Waals surface area contributed by atoms with Crippen molar-refractivity contribution in [3.05, 3.63) is 35.6 Å². The minimum Gasteiger partial charge on any atom is -0.378 e. The van der Waals surface area contributed by atoms with Gasteiger partial charge in [0, 0.05) is 31.6 Å². The second-order valence-electron chi connectivity index (χ2n) is 6.60. The topological polar surface area (TPSA) is 70.7 Å². The van der Waals surface area contributed by atoms with Crippen molar-refractivity contribution in [2.75, 3.05) is 26.3 Å². The summed E-state index contributed by atoms with van der Waals surface area (Å²) in [5, 5.41) is 5.92. The maximum atomic E-state index is 12.9. The fraction of sp³-hybridized carbons (Fsp3) is 0.556. The van der Waals surface area contributed by atoms with Gasteiger partial charge in [0.15, 0.2) is 0 Å². The van der Waals surface area contributed by atoms with Gasteiger partial charge in [0.2, 0.25) is 5.91 Å². The summed E-state index contributed by atoms with van der Waals surface area (Å²) in [5.74, 6) is -0.382. The van der Waals surface area contributed by atoms with E-state index in [0.717, 1.165) is 18.4 Å². The number of nitrogens with one attached hydrogen (secondary N) is 2. The molecule has 136 valence electrons. The van der Waals surface area contributed by atoms with Crippen molar-refractivity contribution in [3.63, 3.8) is 0 Å². The molecular weight excluding hydrogens is 325 g/mol. The predicted octanol–water partition coefficient (Wildman–Crippen LogP) is 1.65. The van der Waals surface area contributed by atoms with E-state index in [1.807, 2.05) is 0 Å². The molecule has 1 aromatic rings. The molecule has 0 aromatic heterocycles. The minimum atomic E-state index is -0.287. The largest absolute Gasteiger partial charge is 0.378 e. The number of ether oxygens (including phenoxy) is 1. The fourth-order valence-corrected chi connectivity index (χ4v) is 3.32. The lowest BCUT2D eigenvalue weighted by atomic mass is 10.1. The van der Waals surface area contributed by atoms with Crippen LogP contribution in [0.5, 0.6) is 0 Å². The predicted molar refractivity (Wildman–Crippen MR) is 90.3 cm³/mol. The highest BCUT2D eigenvalue weighted by atomic mass is 19.1. The Kier molecular flexibility index (Phi) is 5.86. The van der Waals surface area contributed by atoms with Gasteiger partial charge in [-0.05, 0) is 37.0 Å². The third kappa shape index (κ3) is 4.92. The first-order valence-electron chi connectivity index (χ1n) is 8.77. The van der Waals surface area contributed by atoms with Crippen LogP contribution in [-0.4, -0.2) is 49.2 Å². The molecule has 1 saturated heterocycles. The summed E-state index contributed by atoms with van der Waals surface area (Å²) in [7, 11) is 0. The Hall–Kier alpha value is -2.15. The molecule has 3 rings (SSSR count). The summed E-state index contributed by atoms with van der Waals surface area (Å²) in [6.07, 6.45) is 2.24. The number of halogens is 1. The third-order valence-electron chi connectivity index (χ3n) is 4.81. The highest BCUT2D eigenvalue weighted by Gasteiger charge is 2.31. The molecule has 3 amide bonds. The van der Waals surface area contributed by atoms with Crippen LogP contribution in [0.15, 0.2) is 24.3 Å². The van der Waals surface area contributed by atoms with E-state index < -0.39 is 0 Å². The van der Waals surface area contributed by atoms with E-state index >= 15 is 0 Å². The maximum Gasteiger partial charge on any atom is 0.317 e. The summed E-state index contributed by atoms with van der Waals surface area (Å²) >= 11 is 0. The van der Waals surface area contributed by atoms with E-state index in [9.17, 15) is 14.0 Å². The molecule has 0 unspecified atom stereocenters. The lowest BCUT2D eigenvalue weighted by molar-refractivity contribution is -0.125. The smallest absolute Gasteiger partial charge is 0.317 e. The summed E-state index contributed by atoms with van der Waals surface area (Å²) in [6.45, 7) is 2.76. The van der Waals surface area contributed by atoms with Crippen molar-refractivity contribution in [3.8, 4) is 0 Å². The van der Waals surface area contributed by atoms with Gasteiger partial charge in [0.1, 0.15) is 5.82 Å². The Morgan fingerprint density at radius 3 is 2.60 bits per heavy atom. The van der Waals surface area contributed by atoms with Gasteiger partial charge >= 0.3 is 6.03 Å². The number of carbonyl (C=O) groups excluding carboxylic acids is 2. The molecule has 2 fully saturated rings. The standard InChI is InChI=1S/C18H24FN3O3/c19-15-4-1-13(2-5-15)12-20-17(23)14-3-6-16(11-14)21-18(24)22-7-9-25-10-8-22/h1-2,4-5,14,16H,3,6-12H2,(H,20,23)(H,21,24)/t14-,16+/m1/s1. The number of nitrogens with zero attached hydrogens (tertiary/aromatic N) is 1. The summed E-state index contributed by atoms with van der Waals surface area (Å²) in [4.78, 5) is 26.2. The van der Waals surface area contributed by atoms with Crippen molar-refractivity contribution in [1.29, 1.82) is 0 Å². The van der Waals surface area contributed by atoms with Crippen LogP contribution in [0.4, 0.5) is 9.18 Å². The Bertz CT molecular complexity index is 602. The van der Waals surface area contributed by atoms with E-state index in [1.165, 1.54) is 12.1 Å². The van der Waals surface area contributed by atoms with Gasteiger partial charge in [0.25, 0.3) is 0 Å². The van der Waals surface area contributed by atoms with Crippen LogP contribution >= 0.6 is 0 Å². The zero-order chi connectivity index (χ0) is 17.6. The van der Waals surface area contributed by atoms with Crippen LogP contribution in [0, 0.1) is 11.7 Å². The highest BCUT2D eigenvalue weighted by molar-refractivity contribution is 5.79. The van der Waals surface area contributed by atoms with Gasteiger partial charge < -0.3 is 20.3 Å². The summed E-state index contributed by atoms with van der Waals surface area (Å²) in [6, 6.07) is 6.06. The first kappa shape index (κ1) is 17.7. The van der Waals surface area contributed by atoms with Gasteiger partial charge in [-0.3, -0.25) is 4.79 Å². The molecular formula is C18H24FN3O3. The highest BCUT2D eigenvalue weighted by Crippen LogP contribution is 2.26. The molecule has 2 aliphatic rings. The van der Waals surface area contributed by atoms with Crippen LogP contribution < -0.4 is 10.6 Å². The van der Waals surface area contributed by atoms with Gasteiger partial charge in [-0.2, -0.15) is 0 Å². The number of rotatable bonds is 4. The van der Waals surface area contributed by atoms with E-state index in [0.29, 0.717) is 39.3 Å². The van der Waals surface area contributed by atoms with Crippen molar-refractivity contribution in [2.45, 2.75) is 31.8 Å². The Morgan fingerprint density at radius 2 is 1.88 bits per heavy atom. The van der Waals surface area contributed by atoms with Gasteiger partial charge in [-0.25, -0.2) is 9.18 Å². The number of morpholine rings is 1. The number of carbonyl (C=O) groups is 2. The summed E-state index contributed by atoms with van der Waals surface area (Å²) < 4.78 is 18.1. The summed E-state index contributed by atoms with van der Waals surface area (Å²) in [5.41, 5.74) is 0.866. The van der Waals surface area contributed by atoms with E-state index in [4.69, 9.17) is 4.74 Å². The Morgan fingerprint density at radius 1 is 1.16 bits per heavy atom. The van der Waals surface area contributed by atoms with E-state index in [2.05, 4.69) is 10.6 Å². The first-order valence-corrected chi connectivity index (χ1v) is 8.77. The van der Waals surface area contributed by atoms with Crippen LogP contribution in [-0.2, 0) is 16.1 Å². The SMILES string of the molecule is O=C(NCc1ccc(F)cc1)[C@@H]1CC[C@H](NC(=O)N2CCOCC2)C1. The van der Waals surface area contributed by atoms with Gasteiger partial charge in [-0.1, -0.05) is 12.1 Å². The monoisotopic (exact) mass is 349 g/mol. The van der Waals surface area contributed by atoms with Crippen molar-refractivity contribution < 1.29 is 18.7 Å². The molecule has 2 N–H and O–H groups in total. The molecule has 1 saturated carbocycles. The van der Waals surface area contributed by atoms with Crippen LogP contribution in [0.3, 0.4) is 0 Å². The van der Waals surface area contributed by atoms with E-state index in [-0.39, 0.29) is 29.7 Å². The zero-order valence-electron chi connectivity index (χ0n) is 14.2. The number of hydrogen-bond donors (Lipinski definition) is 2. The zero-order valence-corrected chi connectivity index (χ0v) is 14.2. The molecule has 6 nitrogen and oxygen atoms in total. The minimum absolute atomic E-state index is 0.00699. The number of urea groups is 1. The third-order valence-corrected chi connectivity index (χ3v) is 4.81. The van der Waals surface area contributed by atoms with Crippen molar-refractivity contribution >= 4 is 11.9 Å². The molecule has 0 bridgehead atoms. The fourth-order valence-electron chi connectivity index (χ4n) is 3.32. The molecule has 1 aliphatic heterocycles. The molecule has 0 spiro atoms. The average Bonchev–Trinajstić information content (AvgIpc) is 3.10. The average molecular weight is 349 g/mol. The Labute approximate surface area is 146 Å². The molecule has 2 atom stereocenters. The first-order chi connectivity index (χ1) is 12.1. The van der Waals surface area contributed by atoms with Gasteiger partial charge in [-0.15, -0.1) is 0 Å². The molecule has 0 radical (unpaired) electrons. The van der Waals surface area contributed by atoms with Crippen LogP contribution in [0.1, 0.15) is 24.8 Å². The quantitative estimate of drug-likeness (QED) is 0.868. The second kappa shape index (κ2) is 8.29. The Balaban J connectivity index is 1.41. The molecule has 7 heteroatoms. The number of benzene rings is 1. The normalized spacial score (nSPS) is 23.3. The lowest BCUT2D eigenvalue weighted by Gasteiger charge is -2.28. The van der Waals surface area contributed by atoms with E-state index in [1.54, 1.807) is 17.0 Å². The van der Waals surface area contributed by atoms with Crippen molar-refractivity contribution in [2.24, 2.45) is 5.92 Å². The second-order valence-corrected chi connectivity index (χ2v) is 6.60. The molecule has 25 heavy (non-hydrogen) atoms.